The summed E-state index contributed by atoms with van der Waals surface area (Å²) in [5.74, 6) is 0.0977. The molecule has 3 aromatic heterocycles. The van der Waals surface area contributed by atoms with Gasteiger partial charge in [-0.25, -0.2) is 4.98 Å². The zero-order valence-corrected chi connectivity index (χ0v) is 30.2. The number of alkyl halides is 1. The summed E-state index contributed by atoms with van der Waals surface area (Å²) < 4.78 is 29.3. The van der Waals surface area contributed by atoms with Crippen molar-refractivity contribution in [2.24, 2.45) is 0 Å². The van der Waals surface area contributed by atoms with Gasteiger partial charge >= 0.3 is 0 Å². The number of thioether (sulfide) groups is 1. The summed E-state index contributed by atoms with van der Waals surface area (Å²) in [6.07, 6.45) is 6.10. The van der Waals surface area contributed by atoms with Crippen LogP contribution in [0.15, 0.2) is 21.7 Å². The summed E-state index contributed by atoms with van der Waals surface area (Å²) in [5, 5.41) is 5.90. The molecule has 0 bridgehead atoms. The van der Waals surface area contributed by atoms with E-state index in [9.17, 15) is 14.4 Å². The number of imidazole rings is 1. The molecular weight excluding hydrogens is 700 g/mol. The lowest BCUT2D eigenvalue weighted by Crippen LogP contribution is -2.48. The maximum Gasteiger partial charge on any atom is 0.280 e. The number of nitrogens with zero attached hydrogens (tertiary/aromatic N) is 4. The van der Waals surface area contributed by atoms with Crippen LogP contribution in [-0.2, 0) is 39.8 Å². The summed E-state index contributed by atoms with van der Waals surface area (Å²) in [6, 6.07) is -0.862. The largest absolute Gasteiger partial charge is 0.379 e. The minimum absolute atomic E-state index is 0.0346. The third-order valence-corrected chi connectivity index (χ3v) is 8.77. The highest BCUT2D eigenvalue weighted by Gasteiger charge is 2.23. The number of fused-ring (bicyclic) bond motifs is 1. The molecule has 19 heteroatoms. The standard InChI is InChI=1S/C30H47ClN8O8S2/c1-22(40)35-24(20-48-30-36-25-26(37-29(32)38-28(25)42)39(30)19-23-18-33-21-49-23)27(41)34-7-9-44-11-13-46-15-17-47-16-14-45-12-10-43-8-5-3-2-4-6-31/h18,21,24H,2-17,19-20H2,1H3,(H,34,41)(H,35,40)(H3,32,37,38,42)/t24-/m0/s1. The third-order valence-electron chi connectivity index (χ3n) is 6.67. The summed E-state index contributed by atoms with van der Waals surface area (Å²) in [4.78, 5) is 53.5. The molecule has 0 aliphatic rings. The molecule has 0 radical (unpaired) electrons. The lowest BCUT2D eigenvalue weighted by atomic mass is 10.2. The van der Waals surface area contributed by atoms with Crippen molar-refractivity contribution in [3.05, 3.63) is 26.9 Å². The van der Waals surface area contributed by atoms with E-state index < -0.39 is 11.6 Å². The van der Waals surface area contributed by atoms with E-state index in [0.29, 0.717) is 70.2 Å². The first-order valence-electron chi connectivity index (χ1n) is 16.1. The van der Waals surface area contributed by atoms with Crippen LogP contribution in [0.1, 0.15) is 37.5 Å². The number of nitrogens with one attached hydrogen (secondary N) is 3. The SMILES string of the molecule is CC(=O)N[C@@H](CSc1nc2c(=O)[nH]c(N)nc2n1Cc1cncs1)C(=O)NCCOCCOCCOCCOCCOCCCCCCCl. The van der Waals surface area contributed by atoms with Crippen molar-refractivity contribution in [2.45, 2.75) is 50.4 Å². The molecule has 2 amide bonds. The molecule has 3 rings (SSSR count). The smallest absolute Gasteiger partial charge is 0.280 e. The Morgan fingerprint density at radius 2 is 1.59 bits per heavy atom. The quantitative estimate of drug-likeness (QED) is 0.0476. The predicted molar refractivity (Wildman–Crippen MR) is 188 cm³/mol. The first-order valence-corrected chi connectivity index (χ1v) is 18.5. The fraction of sp³-hybridized carbons (Fsp3) is 0.667. The van der Waals surface area contributed by atoms with Gasteiger partial charge in [0.05, 0.1) is 71.5 Å². The number of amides is 2. The Bertz CT molecular complexity index is 1430. The summed E-state index contributed by atoms with van der Waals surface area (Å²) in [6.45, 7) is 6.66. The number of hydrogen-bond donors (Lipinski definition) is 4. The minimum atomic E-state index is -0.862. The van der Waals surface area contributed by atoms with E-state index in [1.807, 2.05) is 0 Å². The number of ether oxygens (including phenoxy) is 5. The number of thiazole rings is 1. The van der Waals surface area contributed by atoms with Crippen LogP contribution in [0.3, 0.4) is 0 Å². The third kappa shape index (κ3) is 16.2. The van der Waals surface area contributed by atoms with Gasteiger partial charge in [0.15, 0.2) is 16.3 Å². The highest BCUT2D eigenvalue weighted by molar-refractivity contribution is 7.99. The summed E-state index contributed by atoms with van der Waals surface area (Å²) in [7, 11) is 0. The highest BCUT2D eigenvalue weighted by atomic mass is 35.5. The van der Waals surface area contributed by atoms with Crippen LogP contribution in [-0.4, -0.2) is 127 Å². The Labute approximate surface area is 298 Å². The van der Waals surface area contributed by atoms with Crippen LogP contribution >= 0.6 is 34.7 Å². The van der Waals surface area contributed by atoms with E-state index in [4.69, 9.17) is 41.0 Å². The van der Waals surface area contributed by atoms with Crippen LogP contribution in [0.2, 0.25) is 0 Å². The number of carbonyl (C=O) groups is 2. The average Bonchev–Trinajstić information content (AvgIpc) is 3.72. The minimum Gasteiger partial charge on any atom is -0.379 e. The first-order chi connectivity index (χ1) is 23.9. The van der Waals surface area contributed by atoms with E-state index in [-0.39, 0.29) is 42.2 Å². The lowest BCUT2D eigenvalue weighted by Gasteiger charge is -2.17. The van der Waals surface area contributed by atoms with Crippen molar-refractivity contribution in [2.75, 3.05) is 90.0 Å². The van der Waals surface area contributed by atoms with Gasteiger partial charge in [-0.05, 0) is 12.8 Å². The molecule has 0 unspecified atom stereocenters. The van der Waals surface area contributed by atoms with Gasteiger partial charge in [0.25, 0.3) is 5.56 Å². The fourth-order valence-electron chi connectivity index (χ4n) is 4.33. The Kier molecular flexibility index (Phi) is 20.2. The molecule has 49 heavy (non-hydrogen) atoms. The number of nitrogens with two attached hydrogens (primary N) is 1. The molecule has 0 fully saturated rings. The molecule has 0 aliphatic heterocycles. The van der Waals surface area contributed by atoms with Crippen molar-refractivity contribution in [3.63, 3.8) is 0 Å². The molecule has 0 saturated carbocycles. The number of nitrogen functional groups attached to an aromatic ring is 1. The first kappa shape index (κ1) is 40.6. The fourth-order valence-corrected chi connectivity index (χ4v) is 6.11. The van der Waals surface area contributed by atoms with Gasteiger partial charge in [-0.3, -0.25) is 28.9 Å². The van der Waals surface area contributed by atoms with Gasteiger partial charge in [-0.2, -0.15) is 4.98 Å². The maximum absolute atomic E-state index is 12.9. The van der Waals surface area contributed by atoms with Gasteiger partial charge < -0.3 is 40.1 Å². The second kappa shape index (κ2) is 24.3. The number of H-pyrrole nitrogens is 1. The van der Waals surface area contributed by atoms with Crippen molar-refractivity contribution in [3.8, 4) is 0 Å². The number of carbonyl (C=O) groups excluding carboxylic acids is 2. The van der Waals surface area contributed by atoms with Crippen molar-refractivity contribution >= 4 is 63.6 Å². The average molecular weight is 747 g/mol. The number of aromatic amines is 1. The van der Waals surface area contributed by atoms with Crippen molar-refractivity contribution in [1.82, 2.24) is 35.1 Å². The molecular formula is C30H47ClN8O8S2. The Morgan fingerprint density at radius 1 is 0.959 bits per heavy atom. The molecule has 0 aliphatic carbocycles. The number of aromatic nitrogens is 5. The Balaban J connectivity index is 1.26. The van der Waals surface area contributed by atoms with E-state index in [0.717, 1.165) is 43.0 Å². The van der Waals surface area contributed by atoms with Gasteiger partial charge in [0.1, 0.15) is 6.04 Å². The van der Waals surface area contributed by atoms with Gasteiger partial charge in [0, 0.05) is 42.8 Å². The lowest BCUT2D eigenvalue weighted by molar-refractivity contribution is -0.127. The second-order valence-corrected chi connectivity index (χ2v) is 12.9. The molecule has 274 valence electrons. The second-order valence-electron chi connectivity index (χ2n) is 10.6. The van der Waals surface area contributed by atoms with Crippen molar-refractivity contribution in [1.29, 1.82) is 0 Å². The van der Waals surface area contributed by atoms with Crippen LogP contribution in [0, 0.1) is 0 Å². The monoisotopic (exact) mass is 746 g/mol. The van der Waals surface area contributed by atoms with Crippen LogP contribution in [0.5, 0.6) is 0 Å². The normalized spacial score (nSPS) is 12.0. The molecule has 16 nitrogen and oxygen atoms in total. The summed E-state index contributed by atoms with van der Waals surface area (Å²) >= 11 is 8.31. The Hall–Kier alpha value is -2.84. The van der Waals surface area contributed by atoms with E-state index in [2.05, 4.69) is 30.6 Å². The maximum atomic E-state index is 12.9. The van der Waals surface area contributed by atoms with Gasteiger partial charge in [-0.1, -0.05) is 24.6 Å². The van der Waals surface area contributed by atoms with Gasteiger partial charge in [0.2, 0.25) is 17.8 Å². The zero-order chi connectivity index (χ0) is 35.1. The number of rotatable bonds is 28. The van der Waals surface area contributed by atoms with Crippen molar-refractivity contribution < 1.29 is 33.3 Å². The Morgan fingerprint density at radius 3 is 2.20 bits per heavy atom. The van der Waals surface area contributed by atoms with E-state index in [1.54, 1.807) is 16.3 Å². The molecule has 0 aromatic carbocycles. The highest BCUT2D eigenvalue weighted by Crippen LogP contribution is 2.24. The molecule has 3 heterocycles. The van der Waals surface area contributed by atoms with Crippen LogP contribution in [0.4, 0.5) is 5.95 Å². The van der Waals surface area contributed by atoms with E-state index >= 15 is 0 Å². The number of unbranched alkanes of at least 4 members (excludes halogenated alkanes) is 3. The predicted octanol–water partition coefficient (Wildman–Crippen LogP) is 1.80. The molecule has 0 saturated heterocycles. The molecule has 3 aromatic rings. The number of hydrogen-bond acceptors (Lipinski definition) is 14. The summed E-state index contributed by atoms with van der Waals surface area (Å²) in [5.41, 5.74) is 7.45. The van der Waals surface area contributed by atoms with Gasteiger partial charge in [-0.15, -0.1) is 22.9 Å². The number of anilines is 1. The van der Waals surface area contributed by atoms with E-state index in [1.165, 1.54) is 30.0 Å². The molecule has 0 spiro atoms. The van der Waals surface area contributed by atoms with Crippen LogP contribution < -0.4 is 21.9 Å². The number of halogens is 1. The van der Waals surface area contributed by atoms with Crippen LogP contribution in [0.25, 0.3) is 11.2 Å². The molecule has 5 N–H and O–H groups in total. The molecule has 1 atom stereocenters. The zero-order valence-electron chi connectivity index (χ0n) is 27.8. The topological polar surface area (TPSA) is 207 Å².